The fraction of sp³-hybridized carbons (Fsp3) is 0.545. The van der Waals surface area contributed by atoms with E-state index in [4.69, 9.17) is 11.6 Å². The maximum Gasteiger partial charge on any atom is 0.147 e. The lowest BCUT2D eigenvalue weighted by atomic mass is 10.0. The van der Waals surface area contributed by atoms with Crippen molar-refractivity contribution in [2.24, 2.45) is 5.92 Å². The second kappa shape index (κ2) is 4.37. The summed E-state index contributed by atoms with van der Waals surface area (Å²) >= 11 is 6.06. The van der Waals surface area contributed by atoms with Crippen LogP contribution in [-0.4, -0.2) is 29.3 Å². The van der Waals surface area contributed by atoms with Gasteiger partial charge in [-0.2, -0.15) is 0 Å². The van der Waals surface area contributed by atoms with E-state index in [1.54, 1.807) is 6.20 Å². The predicted octanol–water partition coefficient (Wildman–Crippen LogP) is 1.94. The van der Waals surface area contributed by atoms with Crippen molar-refractivity contribution in [2.75, 3.05) is 18.0 Å². The standard InChI is InChI=1S/C11H15ClN2O/c1-8(15)9-4-6-14(7-9)11-10(12)3-2-5-13-11/h2-3,5,8-9,15H,4,6-7H2,1H3. The number of anilines is 1. The van der Waals surface area contributed by atoms with Gasteiger partial charge in [-0.25, -0.2) is 4.98 Å². The summed E-state index contributed by atoms with van der Waals surface area (Å²) in [6, 6.07) is 3.67. The first-order chi connectivity index (χ1) is 7.18. The molecular weight excluding hydrogens is 212 g/mol. The second-order valence-electron chi connectivity index (χ2n) is 4.04. The van der Waals surface area contributed by atoms with E-state index in [1.165, 1.54) is 0 Å². The lowest BCUT2D eigenvalue weighted by Crippen LogP contribution is -2.24. The molecule has 2 atom stereocenters. The van der Waals surface area contributed by atoms with Crippen LogP contribution < -0.4 is 4.90 Å². The van der Waals surface area contributed by atoms with E-state index >= 15 is 0 Å². The van der Waals surface area contributed by atoms with Crippen molar-refractivity contribution in [1.82, 2.24) is 4.98 Å². The summed E-state index contributed by atoms with van der Waals surface area (Å²) in [7, 11) is 0. The van der Waals surface area contributed by atoms with Crippen molar-refractivity contribution in [3.8, 4) is 0 Å². The molecule has 4 heteroatoms. The molecule has 3 nitrogen and oxygen atoms in total. The minimum atomic E-state index is -0.252. The second-order valence-corrected chi connectivity index (χ2v) is 4.45. The zero-order valence-electron chi connectivity index (χ0n) is 8.73. The number of hydrogen-bond donors (Lipinski definition) is 1. The van der Waals surface area contributed by atoms with Gasteiger partial charge in [0.15, 0.2) is 0 Å². The minimum Gasteiger partial charge on any atom is -0.393 e. The third kappa shape index (κ3) is 2.24. The van der Waals surface area contributed by atoms with Gasteiger partial charge < -0.3 is 10.0 Å². The Morgan fingerprint density at radius 1 is 1.67 bits per heavy atom. The number of halogens is 1. The van der Waals surface area contributed by atoms with Gasteiger partial charge in [0.1, 0.15) is 5.82 Å². The third-order valence-corrected chi connectivity index (χ3v) is 3.24. The number of pyridine rings is 1. The summed E-state index contributed by atoms with van der Waals surface area (Å²) in [5, 5.41) is 10.2. The smallest absolute Gasteiger partial charge is 0.147 e. The predicted molar refractivity (Wildman–Crippen MR) is 61.2 cm³/mol. The molecule has 0 bridgehead atoms. The van der Waals surface area contributed by atoms with E-state index in [0.717, 1.165) is 25.3 Å². The first-order valence-electron chi connectivity index (χ1n) is 5.22. The van der Waals surface area contributed by atoms with E-state index in [-0.39, 0.29) is 6.10 Å². The molecule has 2 unspecified atom stereocenters. The number of aliphatic hydroxyl groups excluding tert-OH is 1. The van der Waals surface area contributed by atoms with Gasteiger partial charge in [-0.1, -0.05) is 11.6 Å². The molecule has 15 heavy (non-hydrogen) atoms. The largest absolute Gasteiger partial charge is 0.393 e. The number of hydrogen-bond acceptors (Lipinski definition) is 3. The van der Waals surface area contributed by atoms with Gasteiger partial charge in [-0.15, -0.1) is 0 Å². The van der Waals surface area contributed by atoms with Gasteiger partial charge in [-0.3, -0.25) is 0 Å². The van der Waals surface area contributed by atoms with Crippen LogP contribution in [0.2, 0.25) is 5.02 Å². The Labute approximate surface area is 94.7 Å². The molecule has 1 aromatic heterocycles. The van der Waals surface area contributed by atoms with Gasteiger partial charge in [0.05, 0.1) is 11.1 Å². The molecule has 1 N–H and O–H groups in total. The van der Waals surface area contributed by atoms with Gasteiger partial charge >= 0.3 is 0 Å². The summed E-state index contributed by atoms with van der Waals surface area (Å²) in [6.07, 6.45) is 2.50. The molecule has 0 radical (unpaired) electrons. The zero-order valence-corrected chi connectivity index (χ0v) is 9.48. The Balaban J connectivity index is 2.11. The Bertz CT molecular complexity index is 343. The molecule has 0 aliphatic carbocycles. The summed E-state index contributed by atoms with van der Waals surface area (Å²) in [6.45, 7) is 3.61. The van der Waals surface area contributed by atoms with Crippen molar-refractivity contribution in [2.45, 2.75) is 19.4 Å². The first kappa shape index (κ1) is 10.7. The number of nitrogens with zero attached hydrogens (tertiary/aromatic N) is 2. The summed E-state index contributed by atoms with van der Waals surface area (Å²) in [4.78, 5) is 6.41. The Morgan fingerprint density at radius 2 is 2.47 bits per heavy atom. The lowest BCUT2D eigenvalue weighted by molar-refractivity contribution is 0.136. The van der Waals surface area contributed by atoms with Gasteiger partial charge in [0.25, 0.3) is 0 Å². The molecule has 1 fully saturated rings. The first-order valence-corrected chi connectivity index (χ1v) is 5.60. The lowest BCUT2D eigenvalue weighted by Gasteiger charge is -2.19. The molecule has 1 aliphatic rings. The van der Waals surface area contributed by atoms with Crippen LogP contribution in [0.15, 0.2) is 18.3 Å². The Hall–Kier alpha value is -0.800. The molecule has 0 amide bonds. The molecule has 0 spiro atoms. The molecule has 1 aromatic rings. The molecule has 1 saturated heterocycles. The van der Waals surface area contributed by atoms with Crippen LogP contribution in [0.5, 0.6) is 0 Å². The maximum atomic E-state index is 9.51. The maximum absolute atomic E-state index is 9.51. The van der Waals surface area contributed by atoms with E-state index < -0.39 is 0 Å². The van der Waals surface area contributed by atoms with Crippen molar-refractivity contribution < 1.29 is 5.11 Å². The van der Waals surface area contributed by atoms with E-state index in [9.17, 15) is 5.11 Å². The normalized spacial score (nSPS) is 23.1. The molecule has 2 rings (SSSR count). The quantitative estimate of drug-likeness (QED) is 0.838. The van der Waals surface area contributed by atoms with Crippen molar-refractivity contribution in [1.29, 1.82) is 0 Å². The van der Waals surface area contributed by atoms with Crippen molar-refractivity contribution in [3.63, 3.8) is 0 Å². The van der Waals surface area contributed by atoms with Gasteiger partial charge in [0, 0.05) is 25.2 Å². The van der Waals surface area contributed by atoms with E-state index in [1.807, 2.05) is 19.1 Å². The van der Waals surface area contributed by atoms with Crippen LogP contribution in [0.3, 0.4) is 0 Å². The highest BCUT2D eigenvalue weighted by atomic mass is 35.5. The molecule has 82 valence electrons. The van der Waals surface area contributed by atoms with Crippen LogP contribution in [0.4, 0.5) is 5.82 Å². The van der Waals surface area contributed by atoms with Crippen LogP contribution in [0.25, 0.3) is 0 Å². The van der Waals surface area contributed by atoms with E-state index in [2.05, 4.69) is 9.88 Å². The monoisotopic (exact) mass is 226 g/mol. The average Bonchev–Trinajstić information content (AvgIpc) is 2.67. The van der Waals surface area contributed by atoms with Crippen LogP contribution in [-0.2, 0) is 0 Å². The van der Waals surface area contributed by atoms with Crippen LogP contribution >= 0.6 is 11.6 Å². The number of aromatic nitrogens is 1. The molecule has 1 aliphatic heterocycles. The average molecular weight is 227 g/mol. The fourth-order valence-electron chi connectivity index (χ4n) is 1.98. The zero-order chi connectivity index (χ0) is 10.8. The van der Waals surface area contributed by atoms with E-state index in [0.29, 0.717) is 10.9 Å². The topological polar surface area (TPSA) is 36.4 Å². The Morgan fingerprint density at radius 3 is 3.07 bits per heavy atom. The summed E-state index contributed by atoms with van der Waals surface area (Å²) in [5.41, 5.74) is 0. The number of rotatable bonds is 2. The van der Waals surface area contributed by atoms with Gasteiger partial charge in [-0.05, 0) is 25.5 Å². The third-order valence-electron chi connectivity index (χ3n) is 2.95. The highest BCUT2D eigenvalue weighted by molar-refractivity contribution is 6.32. The summed E-state index contributed by atoms with van der Waals surface area (Å²) < 4.78 is 0. The van der Waals surface area contributed by atoms with Crippen LogP contribution in [0, 0.1) is 5.92 Å². The van der Waals surface area contributed by atoms with Crippen molar-refractivity contribution >= 4 is 17.4 Å². The highest BCUT2D eigenvalue weighted by Gasteiger charge is 2.27. The summed E-state index contributed by atoms with van der Waals surface area (Å²) in [5.74, 6) is 1.17. The number of aliphatic hydroxyl groups is 1. The molecule has 2 heterocycles. The van der Waals surface area contributed by atoms with Crippen LogP contribution in [0.1, 0.15) is 13.3 Å². The molecule has 0 saturated carbocycles. The highest BCUT2D eigenvalue weighted by Crippen LogP contribution is 2.28. The SMILES string of the molecule is CC(O)C1CCN(c2ncccc2Cl)C1. The minimum absolute atomic E-state index is 0.252. The van der Waals surface area contributed by atoms with Crippen molar-refractivity contribution in [3.05, 3.63) is 23.4 Å². The Kier molecular flexibility index (Phi) is 3.12. The van der Waals surface area contributed by atoms with Gasteiger partial charge in [0.2, 0.25) is 0 Å². The molecule has 0 aromatic carbocycles. The molecular formula is C11H15ClN2O. The fourth-order valence-corrected chi connectivity index (χ4v) is 2.22.